The maximum Gasteiger partial charge on any atom is 0.310 e. The Morgan fingerprint density at radius 1 is 1.38 bits per heavy atom. The Hall–Kier alpha value is -2.14. The normalized spacial score (nSPS) is 36.3. The molecule has 3 aliphatic heterocycles. The van der Waals surface area contributed by atoms with Gasteiger partial charge in [-0.1, -0.05) is 29.8 Å². The van der Waals surface area contributed by atoms with E-state index in [1.165, 1.54) is 0 Å². The zero-order valence-corrected chi connectivity index (χ0v) is 11.5. The lowest BCUT2D eigenvalue weighted by molar-refractivity contribution is -0.146. The molecule has 3 aliphatic rings. The van der Waals surface area contributed by atoms with E-state index in [9.17, 15) is 14.7 Å². The molecule has 1 aromatic rings. The first-order valence-electron chi connectivity index (χ1n) is 7.00. The molecule has 5 heteroatoms. The number of aliphatic carboxylic acids is 1. The van der Waals surface area contributed by atoms with Crippen LogP contribution in [0.4, 0.5) is 5.69 Å². The standard InChI is InChI=1S/C16H15NO4/c1-9-2-4-10(5-3-9)17-8-16-7-6-11(21-16)12(15(19)20)13(16)14(17)18/h2-7,11-13H,8H2,1H3,(H,19,20)/t11-,12-,13+,16+/m1/s1. The summed E-state index contributed by atoms with van der Waals surface area (Å²) in [6.07, 6.45) is 3.17. The third-order valence-corrected chi connectivity index (χ3v) is 4.73. The van der Waals surface area contributed by atoms with Crippen molar-refractivity contribution in [2.24, 2.45) is 11.8 Å². The Labute approximate surface area is 121 Å². The van der Waals surface area contributed by atoms with Crippen LogP contribution >= 0.6 is 0 Å². The van der Waals surface area contributed by atoms with Gasteiger partial charge in [-0.2, -0.15) is 0 Å². The quantitative estimate of drug-likeness (QED) is 0.833. The van der Waals surface area contributed by atoms with E-state index >= 15 is 0 Å². The number of rotatable bonds is 2. The molecule has 3 heterocycles. The molecule has 2 fully saturated rings. The summed E-state index contributed by atoms with van der Waals surface area (Å²) in [6.45, 7) is 2.37. The summed E-state index contributed by atoms with van der Waals surface area (Å²) in [5.41, 5.74) is 1.14. The number of anilines is 1. The maximum atomic E-state index is 12.7. The number of carbonyl (C=O) groups excluding carboxylic acids is 1. The number of fused-ring (bicyclic) bond motifs is 1. The van der Waals surface area contributed by atoms with Crippen LogP contribution < -0.4 is 4.90 Å². The predicted molar refractivity (Wildman–Crippen MR) is 74.9 cm³/mol. The van der Waals surface area contributed by atoms with E-state index < -0.39 is 29.5 Å². The molecule has 1 N–H and O–H groups in total. The number of benzene rings is 1. The van der Waals surface area contributed by atoms with Gasteiger partial charge in [0.1, 0.15) is 11.5 Å². The number of carboxylic acids is 1. The van der Waals surface area contributed by atoms with Gasteiger partial charge in [-0.25, -0.2) is 0 Å². The smallest absolute Gasteiger partial charge is 0.310 e. The average molecular weight is 285 g/mol. The van der Waals surface area contributed by atoms with Gasteiger partial charge in [0.05, 0.1) is 18.6 Å². The van der Waals surface area contributed by atoms with E-state index in [2.05, 4.69) is 0 Å². The van der Waals surface area contributed by atoms with Crippen LogP contribution in [0.2, 0.25) is 0 Å². The molecule has 21 heavy (non-hydrogen) atoms. The van der Waals surface area contributed by atoms with Gasteiger partial charge in [0.15, 0.2) is 0 Å². The summed E-state index contributed by atoms with van der Waals surface area (Å²) in [5.74, 6) is -2.52. The van der Waals surface area contributed by atoms with Crippen LogP contribution in [-0.2, 0) is 14.3 Å². The fourth-order valence-electron chi connectivity index (χ4n) is 3.72. The largest absolute Gasteiger partial charge is 0.481 e. The monoisotopic (exact) mass is 285 g/mol. The molecule has 108 valence electrons. The van der Waals surface area contributed by atoms with Crippen LogP contribution in [0.1, 0.15) is 5.56 Å². The summed E-state index contributed by atoms with van der Waals surface area (Å²) in [7, 11) is 0. The second kappa shape index (κ2) is 3.95. The van der Waals surface area contributed by atoms with Crippen molar-refractivity contribution >= 4 is 17.6 Å². The minimum Gasteiger partial charge on any atom is -0.481 e. The molecule has 0 aromatic heterocycles. The van der Waals surface area contributed by atoms with E-state index in [1.54, 1.807) is 11.0 Å². The Bertz CT molecular complexity index is 665. The van der Waals surface area contributed by atoms with Crippen LogP contribution in [0.15, 0.2) is 36.4 Å². The molecule has 0 aliphatic carbocycles. The molecule has 0 unspecified atom stereocenters. The summed E-state index contributed by atoms with van der Waals surface area (Å²) < 4.78 is 5.85. The fraction of sp³-hybridized carbons (Fsp3) is 0.375. The first-order chi connectivity index (χ1) is 10.0. The number of carboxylic acid groups (broad SMARTS) is 1. The lowest BCUT2D eigenvalue weighted by Crippen LogP contribution is -2.39. The third-order valence-electron chi connectivity index (χ3n) is 4.73. The van der Waals surface area contributed by atoms with Gasteiger partial charge in [-0.3, -0.25) is 9.59 Å². The lowest BCUT2D eigenvalue weighted by Gasteiger charge is -2.21. The Kier molecular flexibility index (Phi) is 2.37. The van der Waals surface area contributed by atoms with E-state index in [0.29, 0.717) is 6.54 Å². The van der Waals surface area contributed by atoms with E-state index in [1.807, 2.05) is 37.3 Å². The Balaban J connectivity index is 1.73. The minimum absolute atomic E-state index is 0.155. The summed E-state index contributed by atoms with van der Waals surface area (Å²) >= 11 is 0. The highest BCUT2D eigenvalue weighted by Gasteiger charge is 2.67. The zero-order valence-electron chi connectivity index (χ0n) is 11.5. The van der Waals surface area contributed by atoms with Crippen LogP contribution in [0.3, 0.4) is 0 Å². The van der Waals surface area contributed by atoms with Crippen molar-refractivity contribution in [3.63, 3.8) is 0 Å². The number of aryl methyl sites for hydroxylation is 1. The fourth-order valence-corrected chi connectivity index (χ4v) is 3.72. The van der Waals surface area contributed by atoms with Crippen LogP contribution in [0.25, 0.3) is 0 Å². The number of hydrogen-bond donors (Lipinski definition) is 1. The molecule has 4 atom stereocenters. The van der Waals surface area contributed by atoms with Gasteiger partial charge in [0, 0.05) is 5.69 Å². The van der Waals surface area contributed by atoms with Crippen LogP contribution in [0, 0.1) is 18.8 Å². The first-order valence-corrected chi connectivity index (χ1v) is 7.00. The van der Waals surface area contributed by atoms with Crippen molar-refractivity contribution in [3.05, 3.63) is 42.0 Å². The lowest BCUT2D eigenvalue weighted by atomic mass is 9.77. The minimum atomic E-state index is -0.963. The zero-order chi connectivity index (χ0) is 14.8. The SMILES string of the molecule is Cc1ccc(N2C[C@]34C=C[C@@H](O3)[C@@H](C(=O)O)[C@H]4C2=O)cc1. The van der Waals surface area contributed by atoms with Crippen molar-refractivity contribution < 1.29 is 19.4 Å². The summed E-state index contributed by atoms with van der Waals surface area (Å²) in [5, 5.41) is 9.41. The Morgan fingerprint density at radius 3 is 2.76 bits per heavy atom. The van der Waals surface area contributed by atoms with Crippen molar-refractivity contribution in [1.82, 2.24) is 0 Å². The van der Waals surface area contributed by atoms with E-state index in [0.717, 1.165) is 11.3 Å². The van der Waals surface area contributed by atoms with Crippen molar-refractivity contribution in [2.45, 2.75) is 18.6 Å². The number of hydrogen-bond acceptors (Lipinski definition) is 3. The summed E-state index contributed by atoms with van der Waals surface area (Å²) in [4.78, 5) is 25.8. The topological polar surface area (TPSA) is 66.8 Å². The van der Waals surface area contributed by atoms with E-state index in [-0.39, 0.29) is 5.91 Å². The molecule has 0 saturated carbocycles. The van der Waals surface area contributed by atoms with Gasteiger partial charge < -0.3 is 14.7 Å². The number of carbonyl (C=O) groups is 2. The second-order valence-electron chi connectivity index (χ2n) is 6.00. The van der Waals surface area contributed by atoms with Crippen molar-refractivity contribution in [3.8, 4) is 0 Å². The first kappa shape index (κ1) is 12.6. The second-order valence-corrected chi connectivity index (χ2v) is 6.00. The van der Waals surface area contributed by atoms with E-state index in [4.69, 9.17) is 4.74 Å². The van der Waals surface area contributed by atoms with Crippen LogP contribution in [-0.4, -0.2) is 35.2 Å². The van der Waals surface area contributed by atoms with Gasteiger partial charge in [0.25, 0.3) is 0 Å². The van der Waals surface area contributed by atoms with Crippen LogP contribution in [0.5, 0.6) is 0 Å². The molecule has 1 amide bonds. The molecule has 4 rings (SSSR count). The molecular formula is C16H15NO4. The average Bonchev–Trinajstić information content (AvgIpc) is 3.08. The molecule has 0 radical (unpaired) electrons. The molecule has 2 bridgehead atoms. The molecular weight excluding hydrogens is 270 g/mol. The third kappa shape index (κ3) is 1.55. The molecule has 5 nitrogen and oxygen atoms in total. The highest BCUT2D eigenvalue weighted by atomic mass is 16.5. The maximum absolute atomic E-state index is 12.7. The predicted octanol–water partition coefficient (Wildman–Crippen LogP) is 1.37. The summed E-state index contributed by atoms with van der Waals surface area (Å²) in [6, 6.07) is 7.65. The Morgan fingerprint density at radius 2 is 2.10 bits per heavy atom. The van der Waals surface area contributed by atoms with Gasteiger partial charge >= 0.3 is 5.97 Å². The molecule has 2 saturated heterocycles. The van der Waals surface area contributed by atoms with Gasteiger partial charge in [0.2, 0.25) is 5.91 Å². The van der Waals surface area contributed by atoms with Gasteiger partial charge in [-0.15, -0.1) is 0 Å². The number of ether oxygens (including phenoxy) is 1. The number of amides is 1. The van der Waals surface area contributed by atoms with Crippen molar-refractivity contribution in [2.75, 3.05) is 11.4 Å². The molecule has 1 spiro atoms. The molecule has 1 aromatic carbocycles. The highest BCUT2D eigenvalue weighted by molar-refractivity contribution is 6.02. The number of nitrogens with zero attached hydrogens (tertiary/aromatic N) is 1. The highest BCUT2D eigenvalue weighted by Crippen LogP contribution is 2.52. The van der Waals surface area contributed by atoms with Gasteiger partial charge in [-0.05, 0) is 19.1 Å². The van der Waals surface area contributed by atoms with Crippen molar-refractivity contribution in [1.29, 1.82) is 0 Å².